The van der Waals surface area contributed by atoms with Crippen molar-refractivity contribution in [2.75, 3.05) is 0 Å². The first-order chi connectivity index (χ1) is 6.18. The van der Waals surface area contributed by atoms with Gasteiger partial charge in [0.15, 0.2) is 0 Å². The van der Waals surface area contributed by atoms with Gasteiger partial charge in [-0.25, -0.2) is 0 Å². The van der Waals surface area contributed by atoms with Gasteiger partial charge < -0.3 is 5.73 Å². The molecule has 1 atom stereocenters. The van der Waals surface area contributed by atoms with Gasteiger partial charge in [-0.05, 0) is 12.8 Å². The van der Waals surface area contributed by atoms with Gasteiger partial charge in [0.05, 0.1) is 0 Å². The van der Waals surface area contributed by atoms with Crippen LogP contribution >= 0.6 is 11.8 Å². The van der Waals surface area contributed by atoms with Crippen molar-refractivity contribution < 1.29 is 4.79 Å². The molecule has 0 heterocycles. The maximum Gasteiger partial charge on any atom is 0.218 e. The summed E-state index contributed by atoms with van der Waals surface area (Å²) in [5.74, 6) is -0.171. The molecule has 1 fully saturated rings. The van der Waals surface area contributed by atoms with Crippen LogP contribution < -0.4 is 5.73 Å². The lowest BCUT2D eigenvalue weighted by molar-refractivity contribution is -0.117. The van der Waals surface area contributed by atoms with E-state index in [2.05, 4.69) is 6.92 Å². The Bertz CT molecular complexity index is 166. The van der Waals surface area contributed by atoms with Crippen molar-refractivity contribution in [3.8, 4) is 0 Å². The van der Waals surface area contributed by atoms with Crippen LogP contribution in [0.5, 0.6) is 0 Å². The minimum atomic E-state index is -0.171. The summed E-state index contributed by atoms with van der Waals surface area (Å²) >= 11 is 1.95. The third-order valence-corrected chi connectivity index (χ3v) is 3.95. The predicted octanol–water partition coefficient (Wildman–Crippen LogP) is 2.32. The molecule has 1 aliphatic carbocycles. The first-order valence-corrected chi connectivity index (χ1v) is 6.06. The molecule has 76 valence electrons. The van der Waals surface area contributed by atoms with E-state index < -0.39 is 0 Å². The maximum absolute atomic E-state index is 10.7. The van der Waals surface area contributed by atoms with Gasteiger partial charge in [0.25, 0.3) is 0 Å². The quantitative estimate of drug-likeness (QED) is 0.758. The number of hydrogen-bond acceptors (Lipinski definition) is 2. The second-order valence-electron chi connectivity index (χ2n) is 3.88. The van der Waals surface area contributed by atoms with Gasteiger partial charge in [-0.2, -0.15) is 11.8 Å². The minimum Gasteiger partial charge on any atom is -0.370 e. The Kier molecular flexibility index (Phi) is 4.64. The normalized spacial score (nSPS) is 21.3. The van der Waals surface area contributed by atoms with E-state index >= 15 is 0 Å². The minimum absolute atomic E-state index is 0.171. The maximum atomic E-state index is 10.7. The van der Waals surface area contributed by atoms with E-state index in [0.717, 1.165) is 5.25 Å². The summed E-state index contributed by atoms with van der Waals surface area (Å²) in [7, 11) is 0. The van der Waals surface area contributed by atoms with E-state index in [9.17, 15) is 4.79 Å². The lowest BCUT2D eigenvalue weighted by atomic mass is 10.0. The Hall–Kier alpha value is -0.180. The van der Waals surface area contributed by atoms with Crippen molar-refractivity contribution in [2.24, 2.45) is 5.73 Å². The van der Waals surface area contributed by atoms with Crippen LogP contribution in [0.2, 0.25) is 0 Å². The number of thioether (sulfide) groups is 1. The van der Waals surface area contributed by atoms with Crippen LogP contribution in [0.1, 0.15) is 45.4 Å². The molecule has 1 amide bonds. The van der Waals surface area contributed by atoms with E-state index in [4.69, 9.17) is 5.73 Å². The summed E-state index contributed by atoms with van der Waals surface area (Å²) in [5.41, 5.74) is 5.15. The van der Waals surface area contributed by atoms with Gasteiger partial charge in [-0.3, -0.25) is 4.79 Å². The predicted molar refractivity (Wildman–Crippen MR) is 57.7 cm³/mol. The molecule has 1 unspecified atom stereocenters. The zero-order chi connectivity index (χ0) is 9.68. The first kappa shape index (κ1) is 10.9. The molecule has 0 spiro atoms. The Balaban J connectivity index is 2.18. The average molecular weight is 201 g/mol. The zero-order valence-electron chi connectivity index (χ0n) is 8.29. The highest BCUT2D eigenvalue weighted by Crippen LogP contribution is 2.31. The molecule has 0 aromatic rings. The van der Waals surface area contributed by atoms with Crippen LogP contribution in [0.4, 0.5) is 0 Å². The molecule has 1 aliphatic rings. The summed E-state index contributed by atoms with van der Waals surface area (Å²) in [5, 5.41) is 1.18. The summed E-state index contributed by atoms with van der Waals surface area (Å²) in [4.78, 5) is 10.7. The van der Waals surface area contributed by atoms with E-state index in [1.807, 2.05) is 11.8 Å². The topological polar surface area (TPSA) is 43.1 Å². The molecule has 0 aromatic carbocycles. The number of rotatable bonds is 4. The number of carbonyl (C=O) groups is 1. The highest BCUT2D eigenvalue weighted by molar-refractivity contribution is 8.00. The van der Waals surface area contributed by atoms with E-state index in [1.165, 1.54) is 32.1 Å². The zero-order valence-corrected chi connectivity index (χ0v) is 9.11. The van der Waals surface area contributed by atoms with Gasteiger partial charge in [-0.15, -0.1) is 0 Å². The highest BCUT2D eigenvalue weighted by atomic mass is 32.2. The fraction of sp³-hybridized carbons (Fsp3) is 0.900. The number of amides is 1. The summed E-state index contributed by atoms with van der Waals surface area (Å²) in [6.45, 7) is 2.10. The van der Waals surface area contributed by atoms with Crippen LogP contribution in [0.15, 0.2) is 0 Å². The standard InChI is InChI=1S/C10H19NOS/c1-8(7-10(11)12)13-9-5-3-2-4-6-9/h8-9H,2-7H2,1H3,(H2,11,12). The fourth-order valence-corrected chi connectivity index (χ4v) is 3.38. The Morgan fingerprint density at radius 2 is 2.08 bits per heavy atom. The van der Waals surface area contributed by atoms with E-state index in [1.54, 1.807) is 0 Å². The van der Waals surface area contributed by atoms with Crippen molar-refractivity contribution in [1.82, 2.24) is 0 Å². The van der Waals surface area contributed by atoms with Crippen LogP contribution in [-0.4, -0.2) is 16.4 Å². The second-order valence-corrected chi connectivity index (χ2v) is 5.62. The van der Waals surface area contributed by atoms with Crippen LogP contribution in [0, 0.1) is 0 Å². The number of carbonyl (C=O) groups excluding carboxylic acids is 1. The molecule has 0 saturated heterocycles. The van der Waals surface area contributed by atoms with E-state index in [0.29, 0.717) is 11.7 Å². The second kappa shape index (κ2) is 5.53. The van der Waals surface area contributed by atoms with Crippen molar-refractivity contribution in [3.05, 3.63) is 0 Å². The van der Waals surface area contributed by atoms with Crippen molar-refractivity contribution in [3.63, 3.8) is 0 Å². The van der Waals surface area contributed by atoms with E-state index in [-0.39, 0.29) is 5.91 Å². The first-order valence-electron chi connectivity index (χ1n) is 5.12. The van der Waals surface area contributed by atoms with Gasteiger partial charge in [0.1, 0.15) is 0 Å². The number of nitrogens with two attached hydrogens (primary N) is 1. The molecule has 0 aromatic heterocycles. The Morgan fingerprint density at radius 3 is 2.62 bits per heavy atom. The number of primary amides is 1. The molecule has 2 nitrogen and oxygen atoms in total. The van der Waals surface area contributed by atoms with Crippen molar-refractivity contribution in [1.29, 1.82) is 0 Å². The van der Waals surface area contributed by atoms with Gasteiger partial charge >= 0.3 is 0 Å². The third-order valence-electron chi connectivity index (χ3n) is 2.47. The summed E-state index contributed by atoms with van der Waals surface area (Å²) in [6, 6.07) is 0. The summed E-state index contributed by atoms with van der Waals surface area (Å²) in [6.07, 6.45) is 7.30. The highest BCUT2D eigenvalue weighted by Gasteiger charge is 2.17. The Morgan fingerprint density at radius 1 is 1.46 bits per heavy atom. The van der Waals surface area contributed by atoms with Crippen LogP contribution in [0.25, 0.3) is 0 Å². The van der Waals surface area contributed by atoms with Gasteiger partial charge in [0.2, 0.25) is 5.91 Å². The third kappa shape index (κ3) is 4.55. The molecular formula is C10H19NOS. The van der Waals surface area contributed by atoms with Crippen molar-refractivity contribution >= 4 is 17.7 Å². The molecule has 0 aliphatic heterocycles. The van der Waals surface area contributed by atoms with Crippen LogP contribution in [-0.2, 0) is 4.79 Å². The Labute approximate surface area is 84.6 Å². The smallest absolute Gasteiger partial charge is 0.218 e. The molecule has 0 bridgehead atoms. The molecule has 13 heavy (non-hydrogen) atoms. The van der Waals surface area contributed by atoms with Gasteiger partial charge in [0, 0.05) is 16.9 Å². The lowest BCUT2D eigenvalue weighted by Gasteiger charge is -2.23. The van der Waals surface area contributed by atoms with Crippen molar-refractivity contribution in [2.45, 2.75) is 55.9 Å². The average Bonchev–Trinajstić information content (AvgIpc) is 2.04. The molecule has 3 heteroatoms. The SMILES string of the molecule is CC(CC(N)=O)SC1CCCCC1. The molecule has 2 N–H and O–H groups in total. The molecule has 0 radical (unpaired) electrons. The molecular weight excluding hydrogens is 182 g/mol. The summed E-state index contributed by atoms with van der Waals surface area (Å²) < 4.78 is 0. The monoisotopic (exact) mass is 201 g/mol. The lowest BCUT2D eigenvalue weighted by Crippen LogP contribution is -2.19. The van der Waals surface area contributed by atoms with Gasteiger partial charge in [-0.1, -0.05) is 26.2 Å². The number of hydrogen-bond donors (Lipinski definition) is 1. The fourth-order valence-electron chi connectivity index (χ4n) is 1.86. The van der Waals surface area contributed by atoms with Crippen LogP contribution in [0.3, 0.4) is 0 Å². The molecule has 1 saturated carbocycles. The molecule has 1 rings (SSSR count). The largest absolute Gasteiger partial charge is 0.370 e.